The summed E-state index contributed by atoms with van der Waals surface area (Å²) in [6.45, 7) is 0.414. The van der Waals surface area contributed by atoms with Gasteiger partial charge in [-0.2, -0.15) is 0 Å². The fourth-order valence-electron chi connectivity index (χ4n) is 1.41. The van der Waals surface area contributed by atoms with Crippen LogP contribution < -0.4 is 5.73 Å². The Bertz CT molecular complexity index is 514. The molecule has 0 aliphatic rings. The summed E-state index contributed by atoms with van der Waals surface area (Å²) in [5, 5.41) is 0.386. The Kier molecular flexibility index (Phi) is 3.66. The standard InChI is InChI=1S/C12H11ClFN3/c13-11-4-10(14)2-1-9(11)3-12-16-6-8(5-15)7-17-12/h1-2,4,6-7H,3,5,15H2. The van der Waals surface area contributed by atoms with E-state index in [4.69, 9.17) is 17.3 Å². The minimum absolute atomic E-state index is 0.349. The molecule has 0 amide bonds. The number of nitrogens with zero attached hydrogens (tertiary/aromatic N) is 2. The Morgan fingerprint density at radius 3 is 2.53 bits per heavy atom. The molecule has 0 aliphatic carbocycles. The van der Waals surface area contributed by atoms with Crippen LogP contribution in [0.4, 0.5) is 4.39 Å². The summed E-state index contributed by atoms with van der Waals surface area (Å²) in [5.74, 6) is 0.286. The highest BCUT2D eigenvalue weighted by Gasteiger charge is 2.05. The molecule has 0 bridgehead atoms. The number of benzene rings is 1. The molecular weight excluding hydrogens is 241 g/mol. The number of aromatic nitrogens is 2. The smallest absolute Gasteiger partial charge is 0.132 e. The Morgan fingerprint density at radius 1 is 1.24 bits per heavy atom. The molecule has 17 heavy (non-hydrogen) atoms. The van der Waals surface area contributed by atoms with Crippen molar-refractivity contribution in [1.82, 2.24) is 9.97 Å². The summed E-state index contributed by atoms with van der Waals surface area (Å²) >= 11 is 5.92. The van der Waals surface area contributed by atoms with Crippen molar-refractivity contribution in [2.75, 3.05) is 0 Å². The maximum Gasteiger partial charge on any atom is 0.132 e. The number of hydrogen-bond donors (Lipinski definition) is 1. The van der Waals surface area contributed by atoms with Gasteiger partial charge in [0.2, 0.25) is 0 Å². The van der Waals surface area contributed by atoms with Crippen LogP contribution in [0.15, 0.2) is 30.6 Å². The zero-order valence-electron chi connectivity index (χ0n) is 9.03. The lowest BCUT2D eigenvalue weighted by Crippen LogP contribution is -2.02. The van der Waals surface area contributed by atoms with Gasteiger partial charge < -0.3 is 5.73 Å². The van der Waals surface area contributed by atoms with Crippen molar-refractivity contribution in [3.8, 4) is 0 Å². The summed E-state index contributed by atoms with van der Waals surface area (Å²) in [6, 6.07) is 4.29. The van der Waals surface area contributed by atoms with E-state index >= 15 is 0 Å². The first kappa shape index (κ1) is 12.0. The van der Waals surface area contributed by atoms with Gasteiger partial charge in [0, 0.05) is 35.9 Å². The highest BCUT2D eigenvalue weighted by molar-refractivity contribution is 6.31. The van der Waals surface area contributed by atoms with Gasteiger partial charge in [0.05, 0.1) is 0 Å². The van der Waals surface area contributed by atoms with E-state index in [0.29, 0.717) is 23.8 Å². The Hall–Kier alpha value is -1.52. The molecule has 0 saturated heterocycles. The highest BCUT2D eigenvalue weighted by atomic mass is 35.5. The molecule has 2 N–H and O–H groups in total. The van der Waals surface area contributed by atoms with E-state index in [2.05, 4.69) is 9.97 Å². The quantitative estimate of drug-likeness (QED) is 0.911. The lowest BCUT2D eigenvalue weighted by Gasteiger charge is -2.04. The van der Waals surface area contributed by atoms with Crippen molar-refractivity contribution in [3.63, 3.8) is 0 Å². The number of halogens is 2. The van der Waals surface area contributed by atoms with Crippen LogP contribution >= 0.6 is 11.6 Å². The van der Waals surface area contributed by atoms with Crippen LogP contribution in [-0.2, 0) is 13.0 Å². The molecular formula is C12H11ClFN3. The largest absolute Gasteiger partial charge is 0.326 e. The maximum atomic E-state index is 12.9. The van der Waals surface area contributed by atoms with Crippen LogP contribution in [0.1, 0.15) is 17.0 Å². The van der Waals surface area contributed by atoms with Gasteiger partial charge in [-0.15, -0.1) is 0 Å². The predicted molar refractivity (Wildman–Crippen MR) is 64.1 cm³/mol. The number of rotatable bonds is 3. The third kappa shape index (κ3) is 2.99. The molecule has 0 atom stereocenters. The molecule has 5 heteroatoms. The van der Waals surface area contributed by atoms with Crippen molar-refractivity contribution in [2.24, 2.45) is 5.73 Å². The van der Waals surface area contributed by atoms with Crippen molar-refractivity contribution in [2.45, 2.75) is 13.0 Å². The molecule has 2 aromatic rings. The zero-order valence-corrected chi connectivity index (χ0v) is 9.78. The third-order valence-corrected chi connectivity index (χ3v) is 2.71. The monoisotopic (exact) mass is 251 g/mol. The minimum Gasteiger partial charge on any atom is -0.326 e. The van der Waals surface area contributed by atoms with E-state index in [1.807, 2.05) is 0 Å². The topological polar surface area (TPSA) is 51.8 Å². The molecule has 0 fully saturated rings. The molecule has 0 aliphatic heterocycles. The van der Waals surface area contributed by atoms with Crippen LogP contribution in [0, 0.1) is 5.82 Å². The van der Waals surface area contributed by atoms with Crippen LogP contribution in [0.2, 0.25) is 5.02 Å². The normalized spacial score (nSPS) is 10.5. The second-order valence-corrected chi connectivity index (χ2v) is 4.03. The highest BCUT2D eigenvalue weighted by Crippen LogP contribution is 2.19. The van der Waals surface area contributed by atoms with Crippen molar-refractivity contribution < 1.29 is 4.39 Å². The second-order valence-electron chi connectivity index (χ2n) is 3.62. The van der Waals surface area contributed by atoms with Gasteiger partial charge in [0.15, 0.2) is 0 Å². The molecule has 3 nitrogen and oxygen atoms in total. The minimum atomic E-state index is -0.349. The van der Waals surface area contributed by atoms with E-state index in [9.17, 15) is 4.39 Å². The maximum absolute atomic E-state index is 12.9. The first-order chi connectivity index (χ1) is 8.19. The lowest BCUT2D eigenvalue weighted by molar-refractivity contribution is 0.627. The molecule has 0 radical (unpaired) electrons. The summed E-state index contributed by atoms with van der Waals surface area (Å²) in [4.78, 5) is 8.33. The number of hydrogen-bond acceptors (Lipinski definition) is 3. The van der Waals surface area contributed by atoms with Gasteiger partial charge >= 0.3 is 0 Å². The summed E-state index contributed by atoms with van der Waals surface area (Å²) in [7, 11) is 0. The third-order valence-electron chi connectivity index (χ3n) is 2.36. The molecule has 88 valence electrons. The number of nitrogens with two attached hydrogens (primary N) is 1. The van der Waals surface area contributed by atoms with Crippen molar-refractivity contribution in [1.29, 1.82) is 0 Å². The molecule has 2 rings (SSSR count). The lowest BCUT2D eigenvalue weighted by atomic mass is 10.1. The summed E-state index contributed by atoms with van der Waals surface area (Å²) in [5.41, 5.74) is 7.12. The van der Waals surface area contributed by atoms with Crippen LogP contribution in [0.5, 0.6) is 0 Å². The SMILES string of the molecule is NCc1cnc(Cc2ccc(F)cc2Cl)nc1. The van der Waals surface area contributed by atoms with Gasteiger partial charge in [-0.1, -0.05) is 17.7 Å². The van der Waals surface area contributed by atoms with Gasteiger partial charge in [-0.25, -0.2) is 14.4 Å². The van der Waals surface area contributed by atoms with Gasteiger partial charge in [-0.3, -0.25) is 0 Å². The first-order valence-corrected chi connectivity index (χ1v) is 5.50. The van der Waals surface area contributed by atoms with Gasteiger partial charge in [0.1, 0.15) is 11.6 Å². The van der Waals surface area contributed by atoms with Crippen molar-refractivity contribution >= 4 is 11.6 Å². The molecule has 1 aromatic carbocycles. The Labute approximate surface area is 103 Å². The van der Waals surface area contributed by atoms with E-state index in [1.54, 1.807) is 18.5 Å². The molecule has 1 heterocycles. The van der Waals surface area contributed by atoms with Crippen molar-refractivity contribution in [3.05, 3.63) is 58.4 Å². The average Bonchev–Trinajstić information content (AvgIpc) is 2.34. The molecule has 1 aromatic heterocycles. The molecule has 0 unspecified atom stereocenters. The van der Waals surface area contributed by atoms with E-state index in [0.717, 1.165) is 11.1 Å². The first-order valence-electron chi connectivity index (χ1n) is 5.13. The zero-order chi connectivity index (χ0) is 12.3. The van der Waals surface area contributed by atoms with E-state index in [1.165, 1.54) is 12.1 Å². The Morgan fingerprint density at radius 2 is 1.94 bits per heavy atom. The van der Waals surface area contributed by atoms with Crippen LogP contribution in [0.3, 0.4) is 0 Å². The van der Waals surface area contributed by atoms with Gasteiger partial charge in [0.25, 0.3) is 0 Å². The fourth-order valence-corrected chi connectivity index (χ4v) is 1.65. The molecule has 0 spiro atoms. The second kappa shape index (κ2) is 5.21. The Balaban J connectivity index is 2.19. The van der Waals surface area contributed by atoms with Gasteiger partial charge in [-0.05, 0) is 17.7 Å². The predicted octanol–water partition coefficient (Wildman–Crippen LogP) is 2.32. The average molecular weight is 252 g/mol. The summed E-state index contributed by atoms with van der Waals surface area (Å²) < 4.78 is 12.9. The van der Waals surface area contributed by atoms with E-state index < -0.39 is 0 Å². The summed E-state index contributed by atoms with van der Waals surface area (Å²) in [6.07, 6.45) is 3.84. The molecule has 0 saturated carbocycles. The van der Waals surface area contributed by atoms with E-state index in [-0.39, 0.29) is 5.82 Å². The van der Waals surface area contributed by atoms with Crippen LogP contribution in [-0.4, -0.2) is 9.97 Å². The fraction of sp³-hybridized carbons (Fsp3) is 0.167. The van der Waals surface area contributed by atoms with Crippen LogP contribution in [0.25, 0.3) is 0 Å².